The van der Waals surface area contributed by atoms with Gasteiger partial charge in [-0.2, -0.15) is 0 Å². The standard InChI is InChI=1S/C32H38Cl2N6O6S2/c1-45-31-25(14-5-6-16-38-48(4,43)44)36-19-26(39-31)23-12-7-10-21(29(23)33)22-11-8-13-24(30(22)34)27-20-37-28(32(40-27)46-2)18-35-15-9-17-47(3,41)42/h7-8,10-13,19-20,35,38H,5-6,9,14-18H2,1-4H3. The highest BCUT2D eigenvalue weighted by atomic mass is 35.5. The van der Waals surface area contributed by atoms with Crippen LogP contribution < -0.4 is 19.5 Å². The van der Waals surface area contributed by atoms with E-state index in [1.165, 1.54) is 20.5 Å². The summed E-state index contributed by atoms with van der Waals surface area (Å²) in [5, 5.41) is 4.02. The van der Waals surface area contributed by atoms with Crippen molar-refractivity contribution in [3.05, 3.63) is 70.2 Å². The Balaban J connectivity index is 1.55. The van der Waals surface area contributed by atoms with Crippen LogP contribution in [0.15, 0.2) is 48.8 Å². The van der Waals surface area contributed by atoms with Gasteiger partial charge in [0.1, 0.15) is 21.2 Å². The zero-order valence-electron chi connectivity index (χ0n) is 27.1. The predicted molar refractivity (Wildman–Crippen MR) is 189 cm³/mol. The molecule has 2 heterocycles. The molecule has 48 heavy (non-hydrogen) atoms. The summed E-state index contributed by atoms with van der Waals surface area (Å²) in [6.45, 7) is 1.20. The van der Waals surface area contributed by atoms with Gasteiger partial charge in [-0.05, 0) is 32.2 Å². The molecule has 0 saturated heterocycles. The Labute approximate surface area is 291 Å². The lowest BCUT2D eigenvalue weighted by Gasteiger charge is -2.15. The molecule has 0 bridgehead atoms. The highest BCUT2D eigenvalue weighted by Crippen LogP contribution is 2.42. The second-order valence-electron chi connectivity index (χ2n) is 11.0. The minimum atomic E-state index is -3.23. The number of methoxy groups -OCH3 is 2. The molecule has 4 rings (SSSR count). The Hall–Kier alpha value is -3.40. The molecular formula is C32H38Cl2N6O6S2. The number of benzene rings is 2. The highest BCUT2D eigenvalue weighted by Gasteiger charge is 2.19. The summed E-state index contributed by atoms with van der Waals surface area (Å²) in [5.74, 6) is 0.796. The van der Waals surface area contributed by atoms with Crippen molar-refractivity contribution < 1.29 is 26.3 Å². The van der Waals surface area contributed by atoms with Crippen molar-refractivity contribution in [2.75, 3.05) is 45.6 Å². The topological polar surface area (TPSA) is 162 Å². The first-order valence-corrected chi connectivity index (χ1v) is 19.7. The zero-order chi connectivity index (χ0) is 34.9. The number of ether oxygens (including phenoxy) is 2. The van der Waals surface area contributed by atoms with Crippen molar-refractivity contribution in [3.8, 4) is 45.4 Å². The molecule has 2 aromatic heterocycles. The normalized spacial score (nSPS) is 11.9. The second-order valence-corrected chi connectivity index (χ2v) is 15.9. The number of sulfonamides is 1. The maximum atomic E-state index is 11.4. The lowest BCUT2D eigenvalue weighted by atomic mass is 9.98. The lowest BCUT2D eigenvalue weighted by molar-refractivity contribution is 0.387. The van der Waals surface area contributed by atoms with Crippen LogP contribution in [0.1, 0.15) is 30.7 Å². The van der Waals surface area contributed by atoms with Crippen LogP contribution in [-0.2, 0) is 32.8 Å². The number of nitrogens with one attached hydrogen (secondary N) is 2. The summed E-state index contributed by atoms with van der Waals surface area (Å²) in [7, 11) is -3.21. The Morgan fingerprint density at radius 3 is 1.75 bits per heavy atom. The van der Waals surface area contributed by atoms with E-state index in [0.717, 1.165) is 6.26 Å². The van der Waals surface area contributed by atoms with Crippen LogP contribution in [-0.4, -0.2) is 82.3 Å². The largest absolute Gasteiger partial charge is 0.480 e. The van der Waals surface area contributed by atoms with E-state index in [9.17, 15) is 16.8 Å². The van der Waals surface area contributed by atoms with Gasteiger partial charge in [-0.1, -0.05) is 59.6 Å². The summed E-state index contributed by atoms with van der Waals surface area (Å²) in [5.41, 5.74) is 4.89. The summed E-state index contributed by atoms with van der Waals surface area (Å²) >= 11 is 14.0. The van der Waals surface area contributed by atoms with Crippen LogP contribution in [0.25, 0.3) is 33.6 Å². The first kappa shape index (κ1) is 37.4. The quantitative estimate of drug-likeness (QED) is 0.141. The first-order valence-electron chi connectivity index (χ1n) is 15.0. The Morgan fingerprint density at radius 2 is 1.23 bits per heavy atom. The maximum Gasteiger partial charge on any atom is 0.237 e. The van der Waals surface area contributed by atoms with Crippen molar-refractivity contribution in [3.63, 3.8) is 0 Å². The van der Waals surface area contributed by atoms with Gasteiger partial charge in [0, 0.05) is 41.6 Å². The zero-order valence-corrected chi connectivity index (χ0v) is 30.2. The molecule has 2 aromatic carbocycles. The van der Waals surface area contributed by atoms with Gasteiger partial charge in [-0.25, -0.2) is 31.5 Å². The fourth-order valence-electron chi connectivity index (χ4n) is 4.89. The molecule has 16 heteroatoms. The van der Waals surface area contributed by atoms with Crippen molar-refractivity contribution >= 4 is 43.1 Å². The van der Waals surface area contributed by atoms with E-state index in [1.807, 2.05) is 36.4 Å². The highest BCUT2D eigenvalue weighted by molar-refractivity contribution is 7.90. The van der Waals surface area contributed by atoms with Crippen LogP contribution >= 0.6 is 23.2 Å². The molecule has 0 unspecified atom stereocenters. The van der Waals surface area contributed by atoms with E-state index in [2.05, 4.69) is 30.0 Å². The van der Waals surface area contributed by atoms with Crippen molar-refractivity contribution in [2.45, 2.75) is 32.2 Å². The monoisotopic (exact) mass is 736 g/mol. The molecule has 0 aliphatic carbocycles. The third-order valence-corrected chi connectivity index (χ3v) is 9.79. The van der Waals surface area contributed by atoms with E-state index < -0.39 is 19.9 Å². The van der Waals surface area contributed by atoms with Gasteiger partial charge in [0.25, 0.3) is 0 Å². The molecule has 0 radical (unpaired) electrons. The third-order valence-electron chi connectivity index (χ3n) is 7.22. The van der Waals surface area contributed by atoms with Gasteiger partial charge < -0.3 is 14.8 Å². The average Bonchev–Trinajstić information content (AvgIpc) is 3.04. The Bertz CT molecular complexity index is 1820. The number of rotatable bonds is 17. The van der Waals surface area contributed by atoms with Crippen LogP contribution in [0.3, 0.4) is 0 Å². The summed E-state index contributed by atoms with van der Waals surface area (Å²) in [6, 6.07) is 11.1. The minimum Gasteiger partial charge on any atom is -0.480 e. The van der Waals surface area contributed by atoms with Gasteiger partial charge in [0.15, 0.2) is 0 Å². The van der Waals surface area contributed by atoms with Gasteiger partial charge in [-0.15, -0.1) is 0 Å². The van der Waals surface area contributed by atoms with E-state index in [0.29, 0.717) is 112 Å². The smallest absolute Gasteiger partial charge is 0.237 e. The number of hydrogen-bond acceptors (Lipinski definition) is 11. The van der Waals surface area contributed by atoms with Gasteiger partial charge >= 0.3 is 0 Å². The van der Waals surface area contributed by atoms with Crippen LogP contribution in [0.5, 0.6) is 11.8 Å². The number of hydrogen-bond donors (Lipinski definition) is 2. The molecule has 12 nitrogen and oxygen atoms in total. The van der Waals surface area contributed by atoms with Crippen LogP contribution in [0.4, 0.5) is 0 Å². The van der Waals surface area contributed by atoms with Gasteiger partial charge in [0.2, 0.25) is 21.8 Å². The van der Waals surface area contributed by atoms with E-state index in [-0.39, 0.29) is 5.75 Å². The Kier molecular flexibility index (Phi) is 13.1. The summed E-state index contributed by atoms with van der Waals surface area (Å²) in [6.07, 6.45) is 7.99. The van der Waals surface area contributed by atoms with Crippen LogP contribution in [0.2, 0.25) is 10.0 Å². The fourth-order valence-corrected chi connectivity index (χ4v) is 6.72. The van der Waals surface area contributed by atoms with E-state index in [4.69, 9.17) is 32.7 Å². The van der Waals surface area contributed by atoms with E-state index >= 15 is 0 Å². The minimum absolute atomic E-state index is 0.105. The molecule has 0 atom stereocenters. The predicted octanol–water partition coefficient (Wildman–Crippen LogP) is 4.99. The third kappa shape index (κ3) is 10.3. The molecule has 0 amide bonds. The molecule has 0 aliphatic heterocycles. The van der Waals surface area contributed by atoms with E-state index in [1.54, 1.807) is 12.4 Å². The van der Waals surface area contributed by atoms with Crippen molar-refractivity contribution in [1.82, 2.24) is 30.0 Å². The number of unbranched alkanes of at least 4 members (excludes halogenated alkanes) is 1. The first-order chi connectivity index (χ1) is 22.8. The molecule has 4 aromatic rings. The average molecular weight is 738 g/mol. The molecule has 0 fully saturated rings. The maximum absolute atomic E-state index is 11.4. The molecule has 0 spiro atoms. The van der Waals surface area contributed by atoms with Crippen molar-refractivity contribution in [2.24, 2.45) is 0 Å². The number of aromatic nitrogens is 4. The number of aryl methyl sites for hydroxylation is 1. The number of halogens is 2. The molecule has 258 valence electrons. The molecule has 0 aliphatic rings. The van der Waals surface area contributed by atoms with Gasteiger partial charge in [0.05, 0.1) is 60.1 Å². The Morgan fingerprint density at radius 1 is 0.708 bits per heavy atom. The lowest BCUT2D eigenvalue weighted by Crippen LogP contribution is -2.23. The summed E-state index contributed by atoms with van der Waals surface area (Å²) in [4.78, 5) is 18.4. The SMILES string of the molecule is COc1nc(-c2cccc(-c3cccc(-c4cnc(CNCCCS(C)(=O)=O)c(OC)n4)c3Cl)c2Cl)cnc1CCCCNS(C)(=O)=O. The summed E-state index contributed by atoms with van der Waals surface area (Å²) < 4.78 is 58.8. The van der Waals surface area contributed by atoms with Gasteiger partial charge in [-0.3, -0.25) is 9.97 Å². The second kappa shape index (κ2) is 16.8. The van der Waals surface area contributed by atoms with Crippen molar-refractivity contribution in [1.29, 1.82) is 0 Å². The molecule has 0 saturated carbocycles. The molecule has 2 N–H and O–H groups in total. The van der Waals surface area contributed by atoms with Crippen LogP contribution in [0, 0.1) is 0 Å². The molecular weight excluding hydrogens is 699 g/mol. The number of sulfone groups is 1. The fraction of sp³-hybridized carbons (Fsp3) is 0.375. The number of nitrogens with zero attached hydrogens (tertiary/aromatic N) is 4.